The Bertz CT molecular complexity index is 345. The van der Waals surface area contributed by atoms with Crippen LogP contribution in [-0.4, -0.2) is 21.3 Å². The van der Waals surface area contributed by atoms with Crippen molar-refractivity contribution in [2.24, 2.45) is 0 Å². The van der Waals surface area contributed by atoms with Crippen molar-refractivity contribution in [1.29, 1.82) is 0 Å². The van der Waals surface area contributed by atoms with E-state index >= 15 is 0 Å². The molecule has 0 atom stereocenters. The molecule has 0 amide bonds. The molecule has 1 aromatic carbocycles. The maximum atomic E-state index is 5.31. The molecule has 0 saturated heterocycles. The van der Waals surface area contributed by atoms with Crippen molar-refractivity contribution in [3.8, 4) is 17.2 Å². The Morgan fingerprint density at radius 1 is 1.07 bits per heavy atom. The quantitative estimate of drug-likeness (QED) is 0.695. The second kappa shape index (κ2) is 5.29. The fourth-order valence-corrected chi connectivity index (χ4v) is 1.48. The average Bonchev–Trinajstić information content (AvgIpc) is 2.28. The number of ether oxygens (including phenoxy) is 3. The van der Waals surface area contributed by atoms with Crippen LogP contribution in [0.25, 0.3) is 0 Å². The average molecular weight is 208 g/mol. The van der Waals surface area contributed by atoms with Gasteiger partial charge in [-0.3, -0.25) is 0 Å². The highest BCUT2D eigenvalue weighted by atomic mass is 16.5. The van der Waals surface area contributed by atoms with Gasteiger partial charge in [-0.05, 0) is 12.5 Å². The summed E-state index contributed by atoms with van der Waals surface area (Å²) >= 11 is 0. The molecule has 0 fully saturated rings. The van der Waals surface area contributed by atoms with E-state index in [0.29, 0.717) is 17.2 Å². The number of hydrogen-bond donors (Lipinski definition) is 0. The lowest BCUT2D eigenvalue weighted by Crippen LogP contribution is -1.98. The van der Waals surface area contributed by atoms with Gasteiger partial charge in [0.25, 0.3) is 0 Å². The minimum Gasteiger partial charge on any atom is -0.493 e. The molecule has 0 heterocycles. The van der Waals surface area contributed by atoms with Crippen LogP contribution < -0.4 is 14.2 Å². The predicted molar refractivity (Wildman–Crippen MR) is 60.0 cm³/mol. The molecule has 82 valence electrons. The van der Waals surface area contributed by atoms with Gasteiger partial charge >= 0.3 is 0 Å². The molecule has 0 unspecified atom stereocenters. The fraction of sp³-hybridized carbons (Fsp3) is 0.333. The highest BCUT2D eigenvalue weighted by molar-refractivity contribution is 5.56. The Kier molecular flexibility index (Phi) is 4.03. The van der Waals surface area contributed by atoms with Gasteiger partial charge in [-0.15, -0.1) is 6.58 Å². The van der Waals surface area contributed by atoms with Crippen molar-refractivity contribution in [3.05, 3.63) is 30.4 Å². The van der Waals surface area contributed by atoms with E-state index in [0.717, 1.165) is 12.0 Å². The molecule has 1 rings (SSSR count). The van der Waals surface area contributed by atoms with E-state index in [4.69, 9.17) is 14.2 Å². The van der Waals surface area contributed by atoms with Crippen LogP contribution in [0.1, 0.15) is 5.56 Å². The number of rotatable bonds is 5. The molecule has 0 bridgehead atoms. The summed E-state index contributed by atoms with van der Waals surface area (Å²) in [7, 11) is 4.81. The first-order valence-electron chi connectivity index (χ1n) is 4.67. The zero-order valence-corrected chi connectivity index (χ0v) is 9.37. The van der Waals surface area contributed by atoms with Crippen LogP contribution in [0.5, 0.6) is 17.2 Å². The van der Waals surface area contributed by atoms with Gasteiger partial charge in [0.2, 0.25) is 5.75 Å². The summed E-state index contributed by atoms with van der Waals surface area (Å²) in [6.07, 6.45) is 2.56. The molecule has 15 heavy (non-hydrogen) atoms. The molecule has 0 aliphatic heterocycles. The van der Waals surface area contributed by atoms with Crippen LogP contribution in [-0.2, 0) is 6.42 Å². The van der Waals surface area contributed by atoms with Gasteiger partial charge < -0.3 is 14.2 Å². The second-order valence-electron chi connectivity index (χ2n) is 2.99. The molecule has 0 aliphatic rings. The Hall–Kier alpha value is -1.64. The zero-order chi connectivity index (χ0) is 11.3. The first kappa shape index (κ1) is 11.4. The van der Waals surface area contributed by atoms with Crippen molar-refractivity contribution in [1.82, 2.24) is 0 Å². The van der Waals surface area contributed by atoms with E-state index < -0.39 is 0 Å². The second-order valence-corrected chi connectivity index (χ2v) is 2.99. The van der Waals surface area contributed by atoms with E-state index in [1.807, 2.05) is 18.2 Å². The molecule has 0 aliphatic carbocycles. The zero-order valence-electron chi connectivity index (χ0n) is 9.37. The Morgan fingerprint density at radius 2 is 1.73 bits per heavy atom. The van der Waals surface area contributed by atoms with E-state index in [1.54, 1.807) is 21.3 Å². The summed E-state index contributed by atoms with van der Waals surface area (Å²) in [6.45, 7) is 3.70. The van der Waals surface area contributed by atoms with Crippen molar-refractivity contribution in [3.63, 3.8) is 0 Å². The van der Waals surface area contributed by atoms with Crippen molar-refractivity contribution in [2.75, 3.05) is 21.3 Å². The van der Waals surface area contributed by atoms with Gasteiger partial charge in [0.15, 0.2) is 11.5 Å². The van der Waals surface area contributed by atoms with Crippen LogP contribution in [0, 0.1) is 0 Å². The van der Waals surface area contributed by atoms with Crippen LogP contribution in [0.3, 0.4) is 0 Å². The third-order valence-corrected chi connectivity index (χ3v) is 2.15. The van der Waals surface area contributed by atoms with Crippen LogP contribution in [0.4, 0.5) is 0 Å². The summed E-state index contributed by atoms with van der Waals surface area (Å²) in [5.74, 6) is 2.00. The number of methoxy groups -OCH3 is 3. The van der Waals surface area contributed by atoms with Gasteiger partial charge in [0.05, 0.1) is 21.3 Å². The largest absolute Gasteiger partial charge is 0.493 e. The van der Waals surface area contributed by atoms with Gasteiger partial charge in [-0.25, -0.2) is 0 Å². The lowest BCUT2D eigenvalue weighted by Gasteiger charge is -2.14. The van der Waals surface area contributed by atoms with Gasteiger partial charge in [0, 0.05) is 5.56 Å². The molecule has 3 nitrogen and oxygen atoms in total. The highest BCUT2D eigenvalue weighted by Crippen LogP contribution is 2.39. The molecule has 1 aromatic rings. The van der Waals surface area contributed by atoms with Gasteiger partial charge in [0.1, 0.15) is 0 Å². The SMILES string of the molecule is C=CCc1ccc(OC)c(OC)c1OC. The first-order chi connectivity index (χ1) is 7.28. The molecule has 0 spiro atoms. The summed E-state index contributed by atoms with van der Waals surface area (Å²) in [5, 5.41) is 0. The molecule has 0 aromatic heterocycles. The van der Waals surface area contributed by atoms with Crippen LogP contribution in [0.15, 0.2) is 24.8 Å². The van der Waals surface area contributed by atoms with Crippen molar-refractivity contribution >= 4 is 0 Å². The predicted octanol–water partition coefficient (Wildman–Crippen LogP) is 2.44. The summed E-state index contributed by atoms with van der Waals surface area (Å²) in [5.41, 5.74) is 1.03. The van der Waals surface area contributed by atoms with E-state index in [-0.39, 0.29) is 0 Å². The summed E-state index contributed by atoms with van der Waals surface area (Å²) in [6, 6.07) is 3.81. The fourth-order valence-electron chi connectivity index (χ4n) is 1.48. The maximum Gasteiger partial charge on any atom is 0.203 e. The smallest absolute Gasteiger partial charge is 0.203 e. The van der Waals surface area contributed by atoms with E-state index in [1.165, 1.54) is 0 Å². The molecule has 0 N–H and O–H groups in total. The van der Waals surface area contributed by atoms with Gasteiger partial charge in [-0.1, -0.05) is 12.1 Å². The van der Waals surface area contributed by atoms with E-state index in [2.05, 4.69) is 6.58 Å². The maximum absolute atomic E-state index is 5.31. The third kappa shape index (κ3) is 2.24. The Labute approximate surface area is 90.3 Å². The normalized spacial score (nSPS) is 9.53. The highest BCUT2D eigenvalue weighted by Gasteiger charge is 2.14. The lowest BCUT2D eigenvalue weighted by atomic mass is 10.1. The van der Waals surface area contributed by atoms with Crippen LogP contribution in [0.2, 0.25) is 0 Å². The number of benzene rings is 1. The standard InChI is InChI=1S/C12H16O3/c1-5-6-9-7-8-10(13-2)12(15-4)11(9)14-3/h5,7-8H,1,6H2,2-4H3. The van der Waals surface area contributed by atoms with Crippen LogP contribution >= 0.6 is 0 Å². The van der Waals surface area contributed by atoms with E-state index in [9.17, 15) is 0 Å². The molecule has 3 heteroatoms. The summed E-state index contributed by atoms with van der Waals surface area (Å²) < 4.78 is 15.8. The van der Waals surface area contributed by atoms with Gasteiger partial charge in [-0.2, -0.15) is 0 Å². The molecule has 0 saturated carbocycles. The molecular weight excluding hydrogens is 192 g/mol. The van der Waals surface area contributed by atoms with Crippen molar-refractivity contribution < 1.29 is 14.2 Å². The first-order valence-corrected chi connectivity index (χ1v) is 4.67. The number of hydrogen-bond acceptors (Lipinski definition) is 3. The van der Waals surface area contributed by atoms with Crippen molar-refractivity contribution in [2.45, 2.75) is 6.42 Å². The minimum atomic E-state index is 0.624. The number of allylic oxidation sites excluding steroid dienone is 1. The molecule has 0 radical (unpaired) electrons. The molecular formula is C12H16O3. The Balaban J connectivity index is 3.27. The lowest BCUT2D eigenvalue weighted by molar-refractivity contribution is 0.322. The Morgan fingerprint density at radius 3 is 2.20 bits per heavy atom. The minimum absolute atomic E-state index is 0.624. The summed E-state index contributed by atoms with van der Waals surface area (Å²) in [4.78, 5) is 0. The topological polar surface area (TPSA) is 27.7 Å². The third-order valence-electron chi connectivity index (χ3n) is 2.15. The monoisotopic (exact) mass is 208 g/mol.